The number of carbonyl (C=O) groups excluding carboxylic acids is 1. The van der Waals surface area contributed by atoms with Gasteiger partial charge in [-0.05, 0) is 46.9 Å². The lowest BCUT2D eigenvalue weighted by molar-refractivity contribution is -0.156. The molecule has 0 unspecified atom stereocenters. The highest BCUT2D eigenvalue weighted by atomic mass is 35.5. The number of tetrazole rings is 1. The summed E-state index contributed by atoms with van der Waals surface area (Å²) in [7, 11) is 0. The van der Waals surface area contributed by atoms with Gasteiger partial charge in [-0.1, -0.05) is 0 Å². The van der Waals surface area contributed by atoms with Crippen molar-refractivity contribution in [1.29, 1.82) is 0 Å². The second kappa shape index (κ2) is 6.34. The Morgan fingerprint density at radius 1 is 1.31 bits per heavy atom. The normalized spacial score (nSPS) is 25.5. The number of benzene rings is 1. The molecule has 2 bridgehead atoms. The highest BCUT2D eigenvalue weighted by molar-refractivity contribution is 7.71. The molecule has 0 amide bonds. The summed E-state index contributed by atoms with van der Waals surface area (Å²) < 4.78 is 43.3. The van der Waals surface area contributed by atoms with Crippen molar-refractivity contribution in [2.45, 2.75) is 30.4 Å². The number of fused-ring (bicyclic) bond motifs is 2. The van der Waals surface area contributed by atoms with Crippen LogP contribution in [0, 0.1) is 4.77 Å². The molecule has 2 saturated heterocycles. The minimum absolute atomic E-state index is 0.118. The standard InChI is InChI=1S/C14H11ClF2N4O4S/c15-14(16,17)25-8-3-1-7(2-4-8)20-13(26)21(19-18-20)9-5-10(22)12-23-6-11(9)24-12/h1-4,9,11-12H,5-6H2/t9-,11+,12-/m0/s1. The maximum atomic E-state index is 12.7. The molecule has 0 aliphatic carbocycles. The molecule has 1 aromatic heterocycles. The summed E-state index contributed by atoms with van der Waals surface area (Å²) in [5.74, 6) is -0.295. The highest BCUT2D eigenvalue weighted by Gasteiger charge is 2.45. The van der Waals surface area contributed by atoms with E-state index in [4.69, 9.17) is 33.3 Å². The Balaban J connectivity index is 1.60. The number of hydrogen-bond donors (Lipinski definition) is 0. The van der Waals surface area contributed by atoms with E-state index >= 15 is 0 Å². The van der Waals surface area contributed by atoms with Crippen molar-refractivity contribution < 1.29 is 27.8 Å². The Kier molecular flexibility index (Phi) is 4.26. The molecule has 3 atom stereocenters. The predicted molar refractivity (Wildman–Crippen MR) is 84.9 cm³/mol. The maximum Gasteiger partial charge on any atom is 0.487 e. The first-order valence-corrected chi connectivity index (χ1v) is 8.31. The van der Waals surface area contributed by atoms with Crippen LogP contribution in [0.3, 0.4) is 0 Å². The summed E-state index contributed by atoms with van der Waals surface area (Å²) in [6, 6.07) is 5.14. The lowest BCUT2D eigenvalue weighted by Crippen LogP contribution is -2.37. The summed E-state index contributed by atoms with van der Waals surface area (Å²) in [5.41, 5.74) is -3.31. The van der Waals surface area contributed by atoms with Crippen LogP contribution in [-0.4, -0.2) is 50.1 Å². The number of aromatic nitrogens is 4. The first kappa shape index (κ1) is 17.5. The lowest BCUT2D eigenvalue weighted by Gasteiger charge is -2.25. The monoisotopic (exact) mass is 404 g/mol. The van der Waals surface area contributed by atoms with Gasteiger partial charge in [0.25, 0.3) is 0 Å². The van der Waals surface area contributed by atoms with Gasteiger partial charge in [0.2, 0.25) is 11.1 Å². The number of ketones is 1. The summed E-state index contributed by atoms with van der Waals surface area (Å²) in [5, 5.41) is 7.99. The van der Waals surface area contributed by atoms with Crippen LogP contribution in [0.5, 0.6) is 5.75 Å². The molecule has 4 rings (SSSR count). The number of carbonyl (C=O) groups is 1. The maximum absolute atomic E-state index is 12.7. The average Bonchev–Trinajstić information content (AvgIpc) is 3.16. The van der Waals surface area contributed by atoms with Crippen molar-refractivity contribution in [3.8, 4) is 11.4 Å². The summed E-state index contributed by atoms with van der Waals surface area (Å²) >= 11 is 10.1. The van der Waals surface area contributed by atoms with Crippen LogP contribution in [0.4, 0.5) is 8.78 Å². The molecule has 138 valence electrons. The zero-order valence-corrected chi connectivity index (χ0v) is 14.5. The fourth-order valence-corrected chi connectivity index (χ4v) is 3.29. The van der Waals surface area contributed by atoms with Crippen molar-refractivity contribution in [1.82, 2.24) is 19.8 Å². The molecule has 2 aromatic rings. The second-order valence-corrected chi connectivity index (χ2v) is 6.54. The Morgan fingerprint density at radius 3 is 2.73 bits per heavy atom. The van der Waals surface area contributed by atoms with E-state index in [-0.39, 0.29) is 35.4 Å². The van der Waals surface area contributed by atoms with E-state index in [9.17, 15) is 13.6 Å². The number of halogens is 3. The van der Waals surface area contributed by atoms with Gasteiger partial charge < -0.3 is 14.2 Å². The Morgan fingerprint density at radius 2 is 2.04 bits per heavy atom. The predicted octanol–water partition coefficient (Wildman–Crippen LogP) is 2.22. The third kappa shape index (κ3) is 3.22. The van der Waals surface area contributed by atoms with E-state index in [1.807, 2.05) is 0 Å². The smallest absolute Gasteiger partial charge is 0.420 e. The number of Topliss-reactive ketones (excluding diaryl/α,β-unsaturated/α-hetero) is 1. The van der Waals surface area contributed by atoms with Crippen LogP contribution in [0.25, 0.3) is 5.69 Å². The molecule has 8 nitrogen and oxygen atoms in total. The van der Waals surface area contributed by atoms with Crippen molar-refractivity contribution in [2.75, 3.05) is 6.61 Å². The number of nitrogens with zero attached hydrogens (tertiary/aromatic N) is 4. The van der Waals surface area contributed by atoms with E-state index in [1.54, 1.807) is 0 Å². The van der Waals surface area contributed by atoms with Gasteiger partial charge in [-0.15, -0.1) is 8.78 Å². The number of hydrogen-bond acceptors (Lipinski definition) is 7. The quantitative estimate of drug-likeness (QED) is 0.571. The average molecular weight is 405 g/mol. The first-order valence-electron chi connectivity index (χ1n) is 7.52. The van der Waals surface area contributed by atoms with Crippen LogP contribution < -0.4 is 4.74 Å². The zero-order valence-electron chi connectivity index (χ0n) is 12.9. The third-order valence-corrected chi connectivity index (χ3v) is 4.48. The third-order valence-electron chi connectivity index (χ3n) is 4.04. The Bertz CT molecular complexity index is 898. The van der Waals surface area contributed by atoms with Gasteiger partial charge in [-0.25, -0.2) is 4.68 Å². The molecule has 0 spiro atoms. The van der Waals surface area contributed by atoms with E-state index in [1.165, 1.54) is 33.6 Å². The van der Waals surface area contributed by atoms with E-state index in [2.05, 4.69) is 15.2 Å². The highest BCUT2D eigenvalue weighted by Crippen LogP contribution is 2.32. The zero-order chi connectivity index (χ0) is 18.5. The summed E-state index contributed by atoms with van der Waals surface area (Å²) in [4.78, 5) is 11.9. The minimum Gasteiger partial charge on any atom is -0.420 e. The van der Waals surface area contributed by atoms with Crippen LogP contribution in [0.2, 0.25) is 0 Å². The molecular formula is C14H11ClF2N4O4S. The SMILES string of the molecule is O=C1C[C@H](n2nnn(-c3ccc(OC(F)(F)Cl)cc3)c2=S)[C@H]2CO[C@H]1O2. The van der Waals surface area contributed by atoms with Crippen LogP contribution in [0.15, 0.2) is 24.3 Å². The molecule has 0 saturated carbocycles. The Labute approximate surface area is 155 Å². The molecule has 2 aliphatic rings. The van der Waals surface area contributed by atoms with E-state index < -0.39 is 17.9 Å². The molecule has 3 heterocycles. The fourth-order valence-electron chi connectivity index (χ4n) is 2.88. The molecule has 12 heteroatoms. The van der Waals surface area contributed by atoms with Gasteiger partial charge in [-0.3, -0.25) is 4.79 Å². The van der Waals surface area contributed by atoms with Crippen molar-refractivity contribution in [3.63, 3.8) is 0 Å². The van der Waals surface area contributed by atoms with Gasteiger partial charge in [0, 0.05) is 18.0 Å². The molecule has 1 aromatic carbocycles. The van der Waals surface area contributed by atoms with Crippen LogP contribution in [0.1, 0.15) is 12.5 Å². The minimum atomic E-state index is -3.80. The Hall–Kier alpha value is -1.95. The molecular weight excluding hydrogens is 394 g/mol. The van der Waals surface area contributed by atoms with Gasteiger partial charge in [0.15, 0.2) is 5.78 Å². The molecule has 0 N–H and O–H groups in total. The fraction of sp³-hybridized carbons (Fsp3) is 0.429. The lowest BCUT2D eigenvalue weighted by atomic mass is 10.0. The summed E-state index contributed by atoms with van der Waals surface area (Å²) in [6.07, 6.45) is -0.968. The second-order valence-electron chi connectivity index (χ2n) is 5.74. The molecule has 2 aliphatic heterocycles. The molecule has 0 radical (unpaired) electrons. The van der Waals surface area contributed by atoms with Gasteiger partial charge in [0.05, 0.1) is 18.3 Å². The van der Waals surface area contributed by atoms with Gasteiger partial charge >= 0.3 is 5.57 Å². The van der Waals surface area contributed by atoms with Crippen LogP contribution in [-0.2, 0) is 14.3 Å². The topological polar surface area (TPSA) is 80.4 Å². The number of alkyl halides is 3. The van der Waals surface area contributed by atoms with Crippen molar-refractivity contribution >= 4 is 29.6 Å². The van der Waals surface area contributed by atoms with Crippen molar-refractivity contribution in [2.24, 2.45) is 0 Å². The summed E-state index contributed by atoms with van der Waals surface area (Å²) in [6.45, 7) is 0.272. The van der Waals surface area contributed by atoms with Crippen LogP contribution >= 0.6 is 23.8 Å². The number of ether oxygens (including phenoxy) is 3. The van der Waals surface area contributed by atoms with Gasteiger partial charge in [-0.2, -0.15) is 4.68 Å². The first-order chi connectivity index (χ1) is 12.3. The van der Waals surface area contributed by atoms with Gasteiger partial charge in [0.1, 0.15) is 11.9 Å². The largest absolute Gasteiger partial charge is 0.487 e. The van der Waals surface area contributed by atoms with Crippen molar-refractivity contribution in [3.05, 3.63) is 29.0 Å². The van der Waals surface area contributed by atoms with E-state index in [0.29, 0.717) is 5.69 Å². The molecule has 26 heavy (non-hydrogen) atoms. The van der Waals surface area contributed by atoms with E-state index in [0.717, 1.165) is 0 Å². The number of rotatable bonds is 4. The molecule has 2 fully saturated rings.